The average molecular weight is 304 g/mol. The number of aromatic nitrogens is 2. The van der Waals surface area contributed by atoms with Crippen molar-refractivity contribution in [1.82, 2.24) is 9.94 Å². The van der Waals surface area contributed by atoms with Crippen molar-refractivity contribution in [2.24, 2.45) is 0 Å². The highest BCUT2D eigenvalue weighted by Gasteiger charge is 2.16. The molecule has 1 N–H and O–H groups in total. The summed E-state index contributed by atoms with van der Waals surface area (Å²) in [7, 11) is 0. The minimum atomic E-state index is -0.344. The maximum absolute atomic E-state index is 12.2. The first-order chi connectivity index (χ1) is 10.7. The van der Waals surface area contributed by atoms with Gasteiger partial charge in [-0.3, -0.25) is 0 Å². The summed E-state index contributed by atoms with van der Waals surface area (Å²) in [5.41, 5.74) is 2.32. The molecule has 0 amide bonds. The molecular formula is C16H20N2O4. The van der Waals surface area contributed by atoms with Gasteiger partial charge in [-0.05, 0) is 24.5 Å². The Bertz CT molecular complexity index is 637. The molecule has 118 valence electrons. The molecular weight excluding hydrogens is 284 g/mol. The molecule has 2 rings (SSSR count). The summed E-state index contributed by atoms with van der Waals surface area (Å²) in [4.78, 5) is 12.8. The molecule has 0 radical (unpaired) electrons. The van der Waals surface area contributed by atoms with E-state index in [1.807, 2.05) is 26.0 Å². The molecule has 1 aromatic heterocycles. The van der Waals surface area contributed by atoms with Crippen molar-refractivity contribution in [3.8, 4) is 5.88 Å². The topological polar surface area (TPSA) is 73.6 Å². The lowest BCUT2D eigenvalue weighted by atomic mass is 10.00. The van der Waals surface area contributed by atoms with Crippen LogP contribution in [0.5, 0.6) is 5.88 Å². The van der Waals surface area contributed by atoms with Crippen molar-refractivity contribution in [2.75, 3.05) is 6.61 Å². The maximum Gasteiger partial charge on any atom is 0.338 e. The second-order valence-corrected chi connectivity index (χ2v) is 4.80. The van der Waals surface area contributed by atoms with E-state index < -0.39 is 0 Å². The van der Waals surface area contributed by atoms with Gasteiger partial charge in [0, 0.05) is 11.6 Å². The Morgan fingerprint density at radius 2 is 2.14 bits per heavy atom. The normalized spacial score (nSPS) is 10.5. The standard InChI is InChI=1S/C16H20N2O4/c1-3-10-21-16(19)13-7-5-6-12(4-2)14(13)11-22-15-8-9-18(20)17-15/h5-9,20H,3-4,10-11H2,1-2H3. The van der Waals surface area contributed by atoms with E-state index in [0.717, 1.165) is 24.0 Å². The van der Waals surface area contributed by atoms with Gasteiger partial charge in [0.25, 0.3) is 0 Å². The van der Waals surface area contributed by atoms with Crippen LogP contribution in [0, 0.1) is 0 Å². The zero-order valence-electron chi connectivity index (χ0n) is 12.8. The van der Waals surface area contributed by atoms with Crippen LogP contribution in [0.15, 0.2) is 30.5 Å². The van der Waals surface area contributed by atoms with Crippen LogP contribution in [0.4, 0.5) is 0 Å². The van der Waals surface area contributed by atoms with Crippen molar-refractivity contribution in [3.05, 3.63) is 47.2 Å². The van der Waals surface area contributed by atoms with Crippen LogP contribution in [0.25, 0.3) is 0 Å². The van der Waals surface area contributed by atoms with E-state index in [1.54, 1.807) is 12.1 Å². The lowest BCUT2D eigenvalue weighted by Gasteiger charge is -2.13. The molecule has 1 aromatic carbocycles. The van der Waals surface area contributed by atoms with E-state index >= 15 is 0 Å². The minimum Gasteiger partial charge on any atom is -0.472 e. The average Bonchev–Trinajstić information content (AvgIpc) is 2.95. The first-order valence-electron chi connectivity index (χ1n) is 7.31. The SMILES string of the molecule is CCCOC(=O)c1cccc(CC)c1COc1ccn(O)n1. The predicted octanol–water partition coefficient (Wildman–Crippen LogP) is 2.83. The van der Waals surface area contributed by atoms with Crippen LogP contribution >= 0.6 is 0 Å². The molecule has 22 heavy (non-hydrogen) atoms. The van der Waals surface area contributed by atoms with Crippen LogP contribution in [0.3, 0.4) is 0 Å². The summed E-state index contributed by atoms with van der Waals surface area (Å²) < 4.78 is 10.8. The Balaban J connectivity index is 2.20. The number of carbonyl (C=O) groups excluding carboxylic acids is 1. The quantitative estimate of drug-likeness (QED) is 0.629. The number of aryl methyl sites for hydroxylation is 1. The van der Waals surface area contributed by atoms with Crippen LogP contribution in [0.2, 0.25) is 0 Å². The molecule has 0 aliphatic rings. The minimum absolute atomic E-state index is 0.192. The Labute approximate surface area is 129 Å². The van der Waals surface area contributed by atoms with Crippen LogP contribution < -0.4 is 4.74 Å². The van der Waals surface area contributed by atoms with Gasteiger partial charge in [0.05, 0.1) is 18.4 Å². The number of nitrogens with zero attached hydrogens (tertiary/aromatic N) is 2. The van der Waals surface area contributed by atoms with E-state index in [9.17, 15) is 4.79 Å². The lowest BCUT2D eigenvalue weighted by molar-refractivity contribution is 0.0501. The second-order valence-electron chi connectivity index (χ2n) is 4.80. The molecule has 0 bridgehead atoms. The largest absolute Gasteiger partial charge is 0.472 e. The number of hydrogen-bond donors (Lipinski definition) is 1. The van der Waals surface area contributed by atoms with Gasteiger partial charge in [-0.1, -0.05) is 31.1 Å². The molecule has 0 fully saturated rings. The zero-order chi connectivity index (χ0) is 15.9. The molecule has 0 unspecified atom stereocenters. The van der Waals surface area contributed by atoms with Crippen LogP contribution in [0.1, 0.15) is 41.8 Å². The van der Waals surface area contributed by atoms with E-state index in [2.05, 4.69) is 5.10 Å². The van der Waals surface area contributed by atoms with Gasteiger partial charge in [-0.25, -0.2) is 4.79 Å². The Hall–Kier alpha value is -2.50. The Morgan fingerprint density at radius 3 is 2.77 bits per heavy atom. The molecule has 1 heterocycles. The van der Waals surface area contributed by atoms with Crippen molar-refractivity contribution < 1.29 is 19.5 Å². The number of benzene rings is 1. The first kappa shape index (κ1) is 15.9. The summed E-state index contributed by atoms with van der Waals surface area (Å²) >= 11 is 0. The second kappa shape index (κ2) is 7.49. The molecule has 6 nitrogen and oxygen atoms in total. The molecule has 0 saturated heterocycles. The molecule has 2 aromatic rings. The number of hydrogen-bond acceptors (Lipinski definition) is 5. The van der Waals surface area contributed by atoms with E-state index in [0.29, 0.717) is 22.9 Å². The van der Waals surface area contributed by atoms with Gasteiger partial charge in [-0.2, -0.15) is 0 Å². The zero-order valence-corrected chi connectivity index (χ0v) is 12.8. The monoisotopic (exact) mass is 304 g/mol. The number of esters is 1. The lowest BCUT2D eigenvalue weighted by Crippen LogP contribution is -2.12. The summed E-state index contributed by atoms with van der Waals surface area (Å²) in [6.45, 7) is 4.55. The predicted molar refractivity (Wildman–Crippen MR) is 80.1 cm³/mol. The molecule has 0 aliphatic carbocycles. The van der Waals surface area contributed by atoms with Gasteiger partial charge < -0.3 is 14.7 Å². The first-order valence-corrected chi connectivity index (χ1v) is 7.31. The Morgan fingerprint density at radius 1 is 1.32 bits per heavy atom. The number of rotatable bonds is 7. The van der Waals surface area contributed by atoms with Gasteiger partial charge in [0.1, 0.15) is 6.61 Å². The maximum atomic E-state index is 12.2. The number of carbonyl (C=O) groups is 1. The molecule has 0 aliphatic heterocycles. The van der Waals surface area contributed by atoms with Crippen LogP contribution in [-0.2, 0) is 17.8 Å². The van der Waals surface area contributed by atoms with Crippen molar-refractivity contribution in [1.29, 1.82) is 0 Å². The van der Waals surface area contributed by atoms with Crippen LogP contribution in [-0.4, -0.2) is 27.7 Å². The highest BCUT2D eigenvalue weighted by molar-refractivity contribution is 5.91. The van der Waals surface area contributed by atoms with E-state index in [1.165, 1.54) is 6.20 Å². The molecule has 0 saturated carbocycles. The molecule has 0 atom stereocenters. The highest BCUT2D eigenvalue weighted by Crippen LogP contribution is 2.19. The molecule has 6 heteroatoms. The third kappa shape index (κ3) is 3.78. The van der Waals surface area contributed by atoms with Crippen molar-refractivity contribution >= 4 is 5.97 Å². The van der Waals surface area contributed by atoms with E-state index in [4.69, 9.17) is 14.7 Å². The van der Waals surface area contributed by atoms with Gasteiger partial charge in [0.2, 0.25) is 5.88 Å². The fraction of sp³-hybridized carbons (Fsp3) is 0.375. The summed E-state index contributed by atoms with van der Waals surface area (Å²) in [5.74, 6) is -0.0512. The third-order valence-corrected chi connectivity index (χ3v) is 3.23. The number of ether oxygens (including phenoxy) is 2. The fourth-order valence-corrected chi connectivity index (χ4v) is 2.12. The third-order valence-electron chi connectivity index (χ3n) is 3.23. The summed E-state index contributed by atoms with van der Waals surface area (Å²) in [6, 6.07) is 7.08. The van der Waals surface area contributed by atoms with Gasteiger partial charge in [0.15, 0.2) is 0 Å². The van der Waals surface area contributed by atoms with Crippen molar-refractivity contribution in [3.63, 3.8) is 0 Å². The summed E-state index contributed by atoms with van der Waals surface area (Å²) in [5, 5.41) is 12.9. The van der Waals surface area contributed by atoms with Crippen molar-refractivity contribution in [2.45, 2.75) is 33.3 Å². The highest BCUT2D eigenvalue weighted by atomic mass is 16.5. The van der Waals surface area contributed by atoms with Gasteiger partial charge >= 0.3 is 5.97 Å². The fourth-order valence-electron chi connectivity index (χ4n) is 2.12. The van der Waals surface area contributed by atoms with E-state index in [-0.39, 0.29) is 12.6 Å². The smallest absolute Gasteiger partial charge is 0.338 e. The molecule has 0 spiro atoms. The van der Waals surface area contributed by atoms with Gasteiger partial charge in [-0.15, -0.1) is 4.85 Å². The summed E-state index contributed by atoms with van der Waals surface area (Å²) in [6.07, 6.45) is 2.93. The Kier molecular flexibility index (Phi) is 5.41.